The van der Waals surface area contributed by atoms with E-state index in [1.54, 1.807) is 30.3 Å². The molecule has 0 aromatic heterocycles. The molecule has 114 valence electrons. The Bertz CT molecular complexity index is 487. The minimum atomic E-state index is -0.740. The number of methoxy groups -OCH3 is 2. The number of para-hydroxylation sites is 1. The van der Waals surface area contributed by atoms with Crippen molar-refractivity contribution in [3.8, 4) is 5.75 Å². The van der Waals surface area contributed by atoms with Gasteiger partial charge in [-0.15, -0.1) is 0 Å². The van der Waals surface area contributed by atoms with Crippen LogP contribution < -0.4 is 4.74 Å². The quantitative estimate of drug-likeness (QED) is 0.734. The van der Waals surface area contributed by atoms with Gasteiger partial charge in [0.1, 0.15) is 12.3 Å². The Hall–Kier alpha value is -2.57. The van der Waals surface area contributed by atoms with Gasteiger partial charge in [0.15, 0.2) is 0 Å². The highest BCUT2D eigenvalue weighted by Gasteiger charge is 2.20. The summed E-state index contributed by atoms with van der Waals surface area (Å²) in [5, 5.41) is 0. The molecule has 1 rings (SSSR count). The average Bonchev–Trinajstić information content (AvgIpc) is 2.51. The highest BCUT2D eigenvalue weighted by molar-refractivity contribution is 5.79. The van der Waals surface area contributed by atoms with Gasteiger partial charge in [0, 0.05) is 6.54 Å². The number of carbonyl (C=O) groups excluding carboxylic acids is 3. The molecule has 7 heteroatoms. The maximum absolute atomic E-state index is 12.0. The third-order valence-electron chi connectivity index (χ3n) is 2.57. The number of hydrogen-bond donors (Lipinski definition) is 0. The highest BCUT2D eigenvalue weighted by Crippen LogP contribution is 2.10. The summed E-state index contributed by atoms with van der Waals surface area (Å²) >= 11 is 0. The molecule has 0 N–H and O–H groups in total. The average molecular weight is 295 g/mol. The molecule has 0 aliphatic rings. The fourth-order valence-corrected chi connectivity index (χ4v) is 1.44. The van der Waals surface area contributed by atoms with Gasteiger partial charge in [-0.1, -0.05) is 18.2 Å². The van der Waals surface area contributed by atoms with Crippen LogP contribution in [-0.2, 0) is 19.1 Å². The van der Waals surface area contributed by atoms with E-state index < -0.39 is 18.0 Å². The second kappa shape index (κ2) is 8.57. The molecule has 7 nitrogen and oxygen atoms in total. The number of hydrogen-bond acceptors (Lipinski definition) is 6. The first-order chi connectivity index (χ1) is 10.1. The molecular formula is C14H17NO6. The molecule has 0 aliphatic carbocycles. The van der Waals surface area contributed by atoms with E-state index in [2.05, 4.69) is 9.47 Å². The summed E-state index contributed by atoms with van der Waals surface area (Å²) in [4.78, 5) is 35.5. The number of esters is 2. The van der Waals surface area contributed by atoms with Gasteiger partial charge < -0.3 is 14.2 Å². The molecule has 0 aliphatic heterocycles. The van der Waals surface area contributed by atoms with Gasteiger partial charge in [-0.3, -0.25) is 14.5 Å². The van der Waals surface area contributed by atoms with Crippen molar-refractivity contribution in [2.24, 2.45) is 0 Å². The zero-order valence-electron chi connectivity index (χ0n) is 11.9. The van der Waals surface area contributed by atoms with Gasteiger partial charge >= 0.3 is 18.0 Å². The summed E-state index contributed by atoms with van der Waals surface area (Å²) < 4.78 is 14.1. The Balaban J connectivity index is 2.67. The van der Waals surface area contributed by atoms with Gasteiger partial charge in [0.05, 0.1) is 20.6 Å². The van der Waals surface area contributed by atoms with E-state index >= 15 is 0 Å². The van der Waals surface area contributed by atoms with Crippen molar-refractivity contribution in [1.29, 1.82) is 0 Å². The summed E-state index contributed by atoms with van der Waals surface area (Å²) in [6.45, 7) is -0.313. The summed E-state index contributed by atoms with van der Waals surface area (Å²) in [6.07, 6.45) is -0.785. The molecule has 0 atom stereocenters. The number of benzene rings is 1. The molecule has 0 unspecified atom stereocenters. The lowest BCUT2D eigenvalue weighted by atomic mass is 10.3. The van der Waals surface area contributed by atoms with E-state index in [-0.39, 0.29) is 19.5 Å². The molecule has 0 saturated heterocycles. The second-order valence-electron chi connectivity index (χ2n) is 4.00. The molecule has 1 aromatic rings. The zero-order valence-corrected chi connectivity index (χ0v) is 11.9. The zero-order chi connectivity index (χ0) is 15.7. The lowest BCUT2D eigenvalue weighted by Crippen LogP contribution is -2.39. The first kappa shape index (κ1) is 16.5. The van der Waals surface area contributed by atoms with Crippen molar-refractivity contribution in [3.63, 3.8) is 0 Å². The Labute approximate surface area is 122 Å². The Morgan fingerprint density at radius 1 is 1.00 bits per heavy atom. The Kier molecular flexibility index (Phi) is 6.73. The van der Waals surface area contributed by atoms with Crippen LogP contribution in [0, 0.1) is 0 Å². The van der Waals surface area contributed by atoms with Gasteiger partial charge in [0.2, 0.25) is 0 Å². The van der Waals surface area contributed by atoms with Crippen LogP contribution >= 0.6 is 0 Å². The maximum atomic E-state index is 12.0. The van der Waals surface area contributed by atoms with E-state index in [1.165, 1.54) is 14.2 Å². The Morgan fingerprint density at radius 3 is 2.19 bits per heavy atom. The third kappa shape index (κ3) is 5.94. The largest absolute Gasteiger partial charge is 0.469 e. The smallest absolute Gasteiger partial charge is 0.415 e. The fourth-order valence-electron chi connectivity index (χ4n) is 1.44. The molecule has 1 aromatic carbocycles. The van der Waals surface area contributed by atoms with Crippen molar-refractivity contribution in [3.05, 3.63) is 30.3 Å². The monoisotopic (exact) mass is 295 g/mol. The number of rotatable bonds is 6. The molecule has 0 bridgehead atoms. The topological polar surface area (TPSA) is 82.1 Å². The van der Waals surface area contributed by atoms with Gasteiger partial charge in [0.25, 0.3) is 0 Å². The number of amides is 1. The van der Waals surface area contributed by atoms with Crippen molar-refractivity contribution in [1.82, 2.24) is 4.90 Å². The van der Waals surface area contributed by atoms with Crippen LogP contribution in [0.15, 0.2) is 30.3 Å². The maximum Gasteiger partial charge on any atom is 0.415 e. The summed E-state index contributed by atoms with van der Waals surface area (Å²) in [5.74, 6) is -0.752. The van der Waals surface area contributed by atoms with Crippen LogP contribution in [0.25, 0.3) is 0 Å². The van der Waals surface area contributed by atoms with Crippen molar-refractivity contribution < 1.29 is 28.6 Å². The third-order valence-corrected chi connectivity index (χ3v) is 2.57. The molecule has 0 spiro atoms. The van der Waals surface area contributed by atoms with E-state index in [4.69, 9.17) is 4.74 Å². The van der Waals surface area contributed by atoms with E-state index in [9.17, 15) is 14.4 Å². The molecule has 0 saturated carbocycles. The number of nitrogens with zero attached hydrogens (tertiary/aromatic N) is 1. The predicted octanol–water partition coefficient (Wildman–Crippen LogP) is 1.22. The molecule has 0 radical (unpaired) electrons. The first-order valence-electron chi connectivity index (χ1n) is 6.22. The lowest BCUT2D eigenvalue weighted by Gasteiger charge is -2.20. The van der Waals surface area contributed by atoms with Gasteiger partial charge in [-0.2, -0.15) is 0 Å². The number of carbonyl (C=O) groups is 3. The molecule has 0 heterocycles. The van der Waals surface area contributed by atoms with E-state index in [0.29, 0.717) is 5.75 Å². The number of ether oxygens (including phenoxy) is 3. The summed E-state index contributed by atoms with van der Waals surface area (Å²) in [5.41, 5.74) is 0. The molecule has 21 heavy (non-hydrogen) atoms. The van der Waals surface area contributed by atoms with Crippen LogP contribution in [-0.4, -0.2) is 50.2 Å². The van der Waals surface area contributed by atoms with Crippen LogP contribution in [0.1, 0.15) is 6.42 Å². The first-order valence-corrected chi connectivity index (χ1v) is 6.22. The second-order valence-corrected chi connectivity index (χ2v) is 4.00. The lowest BCUT2D eigenvalue weighted by molar-refractivity contribution is -0.144. The van der Waals surface area contributed by atoms with Crippen LogP contribution in [0.2, 0.25) is 0 Å². The Morgan fingerprint density at radius 2 is 1.62 bits per heavy atom. The summed E-state index contributed by atoms with van der Waals surface area (Å²) in [6, 6.07) is 8.41. The standard InChI is InChI=1S/C14H17NO6/c1-19-12(16)8-9-15(10-13(17)20-2)14(18)21-11-6-4-3-5-7-11/h3-7H,8-10H2,1-2H3. The highest BCUT2D eigenvalue weighted by atomic mass is 16.6. The predicted molar refractivity (Wildman–Crippen MR) is 72.7 cm³/mol. The molecule has 1 amide bonds. The minimum absolute atomic E-state index is 0.00651. The normalized spacial score (nSPS) is 9.62. The molecule has 0 fully saturated rings. The van der Waals surface area contributed by atoms with Crippen LogP contribution in [0.4, 0.5) is 4.79 Å². The van der Waals surface area contributed by atoms with Crippen molar-refractivity contribution in [2.75, 3.05) is 27.3 Å². The SMILES string of the molecule is COC(=O)CCN(CC(=O)OC)C(=O)Oc1ccccc1. The molecular weight excluding hydrogens is 278 g/mol. The van der Waals surface area contributed by atoms with E-state index in [0.717, 1.165) is 4.90 Å². The van der Waals surface area contributed by atoms with Gasteiger partial charge in [-0.25, -0.2) is 4.79 Å². The van der Waals surface area contributed by atoms with Gasteiger partial charge in [-0.05, 0) is 12.1 Å². The van der Waals surface area contributed by atoms with Crippen molar-refractivity contribution >= 4 is 18.0 Å². The fraction of sp³-hybridized carbons (Fsp3) is 0.357. The van der Waals surface area contributed by atoms with Crippen molar-refractivity contribution in [2.45, 2.75) is 6.42 Å². The van der Waals surface area contributed by atoms with E-state index in [1.807, 2.05) is 0 Å². The van der Waals surface area contributed by atoms with Crippen LogP contribution in [0.5, 0.6) is 5.75 Å². The minimum Gasteiger partial charge on any atom is -0.469 e. The van der Waals surface area contributed by atoms with Crippen LogP contribution in [0.3, 0.4) is 0 Å². The summed E-state index contributed by atoms with van der Waals surface area (Å²) in [7, 11) is 2.46.